The van der Waals surface area contributed by atoms with Crippen molar-refractivity contribution in [1.82, 2.24) is 0 Å². The fourth-order valence-electron chi connectivity index (χ4n) is 25.9. The number of para-hydroxylation sites is 4. The van der Waals surface area contributed by atoms with Crippen LogP contribution in [-0.4, -0.2) is 0 Å². The Labute approximate surface area is 851 Å². The van der Waals surface area contributed by atoms with Gasteiger partial charge in [0.15, 0.2) is 0 Å². The quantitative estimate of drug-likeness (QED) is 0.172. The van der Waals surface area contributed by atoms with E-state index in [1.54, 1.807) is 0 Å². The lowest BCUT2D eigenvalue weighted by molar-refractivity contribution is 0.436. The Morgan fingerprint density at radius 1 is 0.186 bits per heavy atom. The lowest BCUT2D eigenvalue weighted by Crippen LogP contribution is -2.32. The zero-order valence-corrected chi connectivity index (χ0v) is 80.5. The maximum atomic E-state index is 6.99. The van der Waals surface area contributed by atoms with Crippen molar-refractivity contribution >= 4 is 103 Å². The number of ether oxygens (including phenoxy) is 4. The number of rotatable bonds is 7. The van der Waals surface area contributed by atoms with E-state index in [2.05, 4.69) is 489 Å². The molecule has 145 heavy (non-hydrogen) atoms. The van der Waals surface area contributed by atoms with E-state index in [1.165, 1.54) is 157 Å². The van der Waals surface area contributed by atoms with E-state index in [0.29, 0.717) is 0 Å². The second-order valence-electron chi connectivity index (χ2n) is 38.6. The third-order valence-electron chi connectivity index (χ3n) is 31.5. The Balaban J connectivity index is 0.000000113. The molecule has 4 spiro atoms. The maximum absolute atomic E-state index is 6.99. The Bertz CT molecular complexity index is 9210. The summed E-state index contributed by atoms with van der Waals surface area (Å²) >= 11 is 10.2. The van der Waals surface area contributed by atoms with Crippen LogP contribution in [0.5, 0.6) is 46.0 Å². The number of nitrogens with zero attached hydrogens (tertiary/aromatic N) is 1. The molecule has 8 aliphatic rings. The van der Waals surface area contributed by atoms with Gasteiger partial charge >= 0.3 is 0 Å². The van der Waals surface area contributed by atoms with Crippen molar-refractivity contribution in [3.05, 3.63) is 591 Å². The molecule has 9 heteroatoms. The van der Waals surface area contributed by atoms with Crippen LogP contribution in [0.25, 0.3) is 107 Å². The molecule has 0 radical (unpaired) electrons. The van der Waals surface area contributed by atoms with Gasteiger partial charge in [-0.3, -0.25) is 0 Å². The topological polar surface area (TPSA) is 52.2 Å². The Hall–Kier alpha value is -17.6. The van der Waals surface area contributed by atoms with Gasteiger partial charge in [0.25, 0.3) is 0 Å². The van der Waals surface area contributed by atoms with Crippen molar-refractivity contribution in [2.75, 3.05) is 10.2 Å². The predicted octanol–water partition coefficient (Wildman–Crippen LogP) is 36.9. The first-order chi connectivity index (χ1) is 71.8. The number of hydrogen-bond acceptors (Lipinski definition) is 8. The zero-order valence-electron chi connectivity index (χ0n) is 78.1. The minimum atomic E-state index is -0.633. The number of thiophene rings is 2. The standard InChI is InChI=1S/C68H41NO2S.C43H27NOS.C25H15ClO/c1-2-17-42(18-3-1)46-23-16-32-65-66(46)51-39-43(35-38-64(51)72-65)69(44-33-36-62-58(40-44)67(56-28-12-14-30-60(56)70-62)52-24-8-4-19-47(52)48-20-5-9-25-53(48)67)45-34-37-63-59(41-45)68(57-29-13-15-31-61(57)71-63)54-26-10-6-21-49(54)50-22-7-11-27-55(50)68;1-2-11-27(12-3-1)30-15-10-20-41-42(30)33-25-28(22-24-40(33)46-41)44-29-21-23-39-37(26-29)43(36-18-8-9-19-38(36)45-39)34-16-6-4-13-31(34)32-14-5-7-17-35(32)43;26-16-13-14-24-22(15-16)25(21-11-5-6-12-23(21)27-24)19-9-3-1-7-17(19)18-8-2-4-10-20(18)25/h1-41H;1-26,44H;1-15H. The fourth-order valence-corrected chi connectivity index (χ4v) is 28.3. The average molecular weight is 1910 g/mol. The molecule has 4 aliphatic carbocycles. The van der Waals surface area contributed by atoms with E-state index in [0.717, 1.165) is 118 Å². The number of nitrogens with one attached hydrogen (secondary N) is 1. The molecule has 6 nitrogen and oxygen atoms in total. The van der Waals surface area contributed by atoms with Crippen LogP contribution in [0.4, 0.5) is 28.4 Å². The first-order valence-electron chi connectivity index (χ1n) is 49.5. The normalized spacial score (nSPS) is 14.1. The fraction of sp³-hybridized carbons (Fsp3) is 0.0294. The van der Waals surface area contributed by atoms with E-state index < -0.39 is 21.7 Å². The van der Waals surface area contributed by atoms with Crippen LogP contribution in [0, 0.1) is 0 Å². The monoisotopic (exact) mass is 1910 g/mol. The van der Waals surface area contributed by atoms with E-state index in [-0.39, 0.29) is 0 Å². The molecule has 22 aromatic carbocycles. The van der Waals surface area contributed by atoms with E-state index in [4.69, 9.17) is 30.5 Å². The summed E-state index contributed by atoms with van der Waals surface area (Å²) in [6.07, 6.45) is 0. The third kappa shape index (κ3) is 12.0. The lowest BCUT2D eigenvalue weighted by atomic mass is 9.66. The van der Waals surface area contributed by atoms with Gasteiger partial charge in [0, 0.05) is 118 Å². The number of halogens is 1. The molecule has 0 atom stereocenters. The summed E-state index contributed by atoms with van der Waals surface area (Å²) in [7, 11) is 0. The van der Waals surface area contributed by atoms with Crippen LogP contribution < -0.4 is 29.2 Å². The van der Waals surface area contributed by atoms with Crippen molar-refractivity contribution in [2.24, 2.45) is 0 Å². The average Bonchev–Trinajstić information content (AvgIpc) is 1.54. The van der Waals surface area contributed by atoms with Crippen LogP contribution in [0.15, 0.2) is 497 Å². The van der Waals surface area contributed by atoms with Crippen molar-refractivity contribution in [2.45, 2.75) is 21.7 Å². The second kappa shape index (κ2) is 32.2. The molecule has 680 valence electrons. The minimum absolute atomic E-state index is 0.414. The Kier molecular flexibility index (Phi) is 18.5. The molecule has 0 saturated carbocycles. The first-order valence-corrected chi connectivity index (χ1v) is 51.5. The smallest absolute Gasteiger partial charge is 0.132 e. The molecule has 4 aliphatic heterocycles. The first kappa shape index (κ1) is 83.2. The van der Waals surface area contributed by atoms with Gasteiger partial charge in [-0.25, -0.2) is 0 Å². The van der Waals surface area contributed by atoms with Gasteiger partial charge in [-0.05, 0) is 257 Å². The molecular weight excluding hydrogens is 1830 g/mol. The van der Waals surface area contributed by atoms with Crippen molar-refractivity contribution in [3.8, 4) is 113 Å². The third-order valence-corrected chi connectivity index (χ3v) is 34.0. The highest BCUT2D eigenvalue weighted by molar-refractivity contribution is 7.26. The minimum Gasteiger partial charge on any atom is -0.457 e. The lowest BCUT2D eigenvalue weighted by Gasteiger charge is -2.41. The van der Waals surface area contributed by atoms with Crippen LogP contribution in [-0.2, 0) is 21.7 Å². The molecule has 6 heterocycles. The van der Waals surface area contributed by atoms with Crippen LogP contribution in [0.3, 0.4) is 0 Å². The van der Waals surface area contributed by atoms with Gasteiger partial charge in [0.05, 0.1) is 21.7 Å². The van der Waals surface area contributed by atoms with E-state index >= 15 is 0 Å². The summed E-state index contributed by atoms with van der Waals surface area (Å²) in [6, 6.07) is 180. The van der Waals surface area contributed by atoms with E-state index in [9.17, 15) is 0 Å². The summed E-state index contributed by atoms with van der Waals surface area (Å²) in [4.78, 5) is 2.47. The molecule has 24 aromatic rings. The highest BCUT2D eigenvalue weighted by atomic mass is 35.5. The summed E-state index contributed by atoms with van der Waals surface area (Å²) < 4.78 is 32.0. The molecule has 0 unspecified atom stereocenters. The molecule has 0 saturated heterocycles. The molecule has 0 fully saturated rings. The Morgan fingerprint density at radius 2 is 0.441 bits per heavy atom. The van der Waals surface area contributed by atoms with Gasteiger partial charge < -0.3 is 29.2 Å². The summed E-state index contributed by atoms with van der Waals surface area (Å²) in [5.41, 5.74) is 37.4. The number of hydrogen-bond donors (Lipinski definition) is 1. The summed E-state index contributed by atoms with van der Waals surface area (Å²) in [5.74, 6) is 7.02. The predicted molar refractivity (Wildman–Crippen MR) is 595 cm³/mol. The van der Waals surface area contributed by atoms with Crippen LogP contribution in [0.1, 0.15) is 89.0 Å². The van der Waals surface area contributed by atoms with Gasteiger partial charge in [0.1, 0.15) is 46.0 Å². The summed E-state index contributed by atoms with van der Waals surface area (Å²) in [6.45, 7) is 0. The number of anilines is 5. The van der Waals surface area contributed by atoms with Crippen LogP contribution >= 0.6 is 34.3 Å². The van der Waals surface area contributed by atoms with Crippen LogP contribution in [0.2, 0.25) is 5.02 Å². The molecule has 0 bridgehead atoms. The molecule has 0 amide bonds. The Morgan fingerprint density at radius 3 is 0.807 bits per heavy atom. The number of fused-ring (bicyclic) bond motifs is 42. The van der Waals surface area contributed by atoms with E-state index in [1.807, 2.05) is 40.9 Å². The van der Waals surface area contributed by atoms with Gasteiger partial charge in [-0.2, -0.15) is 0 Å². The molecule has 32 rings (SSSR count). The molecule has 1 N–H and O–H groups in total. The highest BCUT2D eigenvalue weighted by Crippen LogP contribution is 2.69. The molecular formula is C136H83ClN2O4S2. The SMILES string of the molecule is Clc1ccc2c(c1)C1(c3ccccc3O2)c2ccccc2-c2ccccc21.c1ccc(-c2cccc3sc4ccc(N(c5ccc6c(c5)C5(c7ccccc7O6)c6ccccc6-c6ccccc65)c5ccc6c(c5)C5(c7ccccc7O6)c6ccccc6-c6ccccc65)cc4c23)cc1.c1ccc(-c2cccc3sc4ccc(Nc5ccc6c(c5)C5(c7ccccc7O6)c6ccccc6-c6ccccc65)cc4c23)cc1. The highest BCUT2D eigenvalue weighted by Gasteiger charge is 2.56. The molecule has 2 aromatic heterocycles. The van der Waals surface area contributed by atoms with Crippen molar-refractivity contribution in [1.29, 1.82) is 0 Å². The van der Waals surface area contributed by atoms with Gasteiger partial charge in [-0.1, -0.05) is 363 Å². The zero-order chi connectivity index (χ0) is 95.4. The van der Waals surface area contributed by atoms with Crippen molar-refractivity contribution < 1.29 is 18.9 Å². The summed E-state index contributed by atoms with van der Waals surface area (Å²) in [5, 5.41) is 9.59. The van der Waals surface area contributed by atoms with Gasteiger partial charge in [-0.15, -0.1) is 22.7 Å². The largest absolute Gasteiger partial charge is 0.457 e. The maximum Gasteiger partial charge on any atom is 0.132 e. The second-order valence-corrected chi connectivity index (χ2v) is 41.2. The number of benzene rings is 22. The van der Waals surface area contributed by atoms with Crippen molar-refractivity contribution in [3.63, 3.8) is 0 Å². The van der Waals surface area contributed by atoms with Gasteiger partial charge in [0.2, 0.25) is 0 Å².